The van der Waals surface area contributed by atoms with E-state index < -0.39 is 0 Å². The van der Waals surface area contributed by atoms with Crippen molar-refractivity contribution in [1.29, 1.82) is 0 Å². The van der Waals surface area contributed by atoms with Gasteiger partial charge in [0.05, 0.1) is 12.0 Å². The molecule has 0 bridgehead atoms. The molecule has 0 spiro atoms. The molecule has 1 aliphatic heterocycles. The van der Waals surface area contributed by atoms with E-state index in [2.05, 4.69) is 11.9 Å². The SMILES string of the molecule is CCCn1ccnc1CC(=O)c1cccc2c1OCCO2. The average molecular weight is 286 g/mol. The molecule has 5 heteroatoms. The van der Waals surface area contributed by atoms with E-state index in [1.54, 1.807) is 12.3 Å². The molecule has 1 aromatic heterocycles. The number of Topliss-reactive ketones (excluding diaryl/α,β-unsaturated/α-hetero) is 1. The first-order valence-corrected chi connectivity index (χ1v) is 7.21. The van der Waals surface area contributed by atoms with Crippen LogP contribution in [-0.4, -0.2) is 28.5 Å². The monoisotopic (exact) mass is 286 g/mol. The second-order valence-electron chi connectivity index (χ2n) is 4.97. The zero-order valence-electron chi connectivity index (χ0n) is 12.0. The zero-order valence-corrected chi connectivity index (χ0v) is 12.0. The van der Waals surface area contributed by atoms with Crippen LogP contribution in [0.1, 0.15) is 29.5 Å². The van der Waals surface area contributed by atoms with Crippen molar-refractivity contribution in [2.75, 3.05) is 13.2 Å². The van der Waals surface area contributed by atoms with Gasteiger partial charge in [0.25, 0.3) is 0 Å². The standard InChI is InChI=1S/C16H18N2O3/c1-2-7-18-8-6-17-15(18)11-13(19)12-4-3-5-14-16(12)21-10-9-20-14/h3-6,8H,2,7,9-11H2,1H3. The summed E-state index contributed by atoms with van der Waals surface area (Å²) >= 11 is 0. The number of aryl methyl sites for hydroxylation is 1. The fraction of sp³-hybridized carbons (Fsp3) is 0.375. The first-order valence-electron chi connectivity index (χ1n) is 7.21. The van der Waals surface area contributed by atoms with E-state index in [1.165, 1.54) is 0 Å². The number of carbonyl (C=O) groups is 1. The van der Waals surface area contributed by atoms with Crippen LogP contribution in [0.2, 0.25) is 0 Å². The van der Waals surface area contributed by atoms with Gasteiger partial charge in [0, 0.05) is 18.9 Å². The number of benzene rings is 1. The number of imidazole rings is 1. The van der Waals surface area contributed by atoms with Crippen LogP contribution in [0.25, 0.3) is 0 Å². The molecule has 0 atom stereocenters. The van der Waals surface area contributed by atoms with Crippen LogP contribution in [0.5, 0.6) is 11.5 Å². The van der Waals surface area contributed by atoms with Crippen LogP contribution in [-0.2, 0) is 13.0 Å². The Balaban J connectivity index is 1.84. The molecule has 0 unspecified atom stereocenters. The van der Waals surface area contributed by atoms with Gasteiger partial charge in [0.1, 0.15) is 19.0 Å². The third kappa shape index (κ3) is 2.77. The highest BCUT2D eigenvalue weighted by atomic mass is 16.6. The molecule has 0 aliphatic carbocycles. The molecular weight excluding hydrogens is 268 g/mol. The molecule has 0 fully saturated rings. The van der Waals surface area contributed by atoms with Crippen molar-refractivity contribution in [2.45, 2.75) is 26.3 Å². The number of para-hydroxylation sites is 1. The molecule has 5 nitrogen and oxygen atoms in total. The number of carbonyl (C=O) groups excluding carboxylic acids is 1. The lowest BCUT2D eigenvalue weighted by Crippen LogP contribution is -2.19. The van der Waals surface area contributed by atoms with Gasteiger partial charge in [-0.2, -0.15) is 0 Å². The maximum absolute atomic E-state index is 12.6. The minimum absolute atomic E-state index is 0.000836. The lowest BCUT2D eigenvalue weighted by molar-refractivity contribution is 0.0978. The molecule has 0 radical (unpaired) electrons. The van der Waals surface area contributed by atoms with Crippen molar-refractivity contribution in [2.24, 2.45) is 0 Å². The Morgan fingerprint density at radius 1 is 1.33 bits per heavy atom. The Kier molecular flexibility index (Phi) is 3.90. The number of ketones is 1. The van der Waals surface area contributed by atoms with E-state index in [-0.39, 0.29) is 12.2 Å². The second-order valence-corrected chi connectivity index (χ2v) is 4.97. The van der Waals surface area contributed by atoms with Gasteiger partial charge in [-0.25, -0.2) is 4.98 Å². The summed E-state index contributed by atoms with van der Waals surface area (Å²) in [4.78, 5) is 16.8. The summed E-state index contributed by atoms with van der Waals surface area (Å²) in [5, 5.41) is 0. The molecule has 21 heavy (non-hydrogen) atoms. The molecular formula is C16H18N2O3. The Morgan fingerprint density at radius 2 is 2.19 bits per heavy atom. The molecule has 1 aliphatic rings. The molecule has 1 aromatic carbocycles. The van der Waals surface area contributed by atoms with Crippen LogP contribution < -0.4 is 9.47 Å². The topological polar surface area (TPSA) is 53.4 Å². The average Bonchev–Trinajstić information content (AvgIpc) is 2.94. The quantitative estimate of drug-likeness (QED) is 0.792. The highest BCUT2D eigenvalue weighted by Crippen LogP contribution is 2.34. The van der Waals surface area contributed by atoms with Gasteiger partial charge in [0.2, 0.25) is 0 Å². The number of hydrogen-bond donors (Lipinski definition) is 0. The number of fused-ring (bicyclic) bond motifs is 1. The normalized spacial score (nSPS) is 13.2. The third-order valence-electron chi connectivity index (χ3n) is 3.45. The van der Waals surface area contributed by atoms with E-state index in [1.807, 2.05) is 22.9 Å². The Morgan fingerprint density at radius 3 is 3.05 bits per heavy atom. The van der Waals surface area contributed by atoms with Crippen molar-refractivity contribution >= 4 is 5.78 Å². The molecule has 0 saturated carbocycles. The first kappa shape index (κ1) is 13.7. The van der Waals surface area contributed by atoms with Gasteiger partial charge in [-0.05, 0) is 18.6 Å². The summed E-state index contributed by atoms with van der Waals surface area (Å²) < 4.78 is 13.1. The summed E-state index contributed by atoms with van der Waals surface area (Å²) in [6.45, 7) is 3.97. The van der Waals surface area contributed by atoms with Gasteiger partial charge in [0.15, 0.2) is 17.3 Å². The second kappa shape index (κ2) is 5.99. The van der Waals surface area contributed by atoms with Crippen molar-refractivity contribution in [3.05, 3.63) is 42.0 Å². The highest BCUT2D eigenvalue weighted by Gasteiger charge is 2.21. The minimum atomic E-state index is 0.000836. The predicted molar refractivity (Wildman–Crippen MR) is 78.0 cm³/mol. The summed E-state index contributed by atoms with van der Waals surface area (Å²) in [6.07, 6.45) is 4.92. The molecule has 2 heterocycles. The number of rotatable bonds is 5. The molecule has 3 rings (SSSR count). The van der Waals surface area contributed by atoms with Gasteiger partial charge >= 0.3 is 0 Å². The number of ether oxygens (including phenoxy) is 2. The summed E-state index contributed by atoms with van der Waals surface area (Å²) in [5.41, 5.74) is 0.568. The first-order chi connectivity index (χ1) is 10.3. The third-order valence-corrected chi connectivity index (χ3v) is 3.45. The molecule has 0 N–H and O–H groups in total. The van der Waals surface area contributed by atoms with Crippen molar-refractivity contribution < 1.29 is 14.3 Å². The molecule has 0 saturated heterocycles. The van der Waals surface area contributed by atoms with Crippen LogP contribution in [0.4, 0.5) is 0 Å². The lowest BCUT2D eigenvalue weighted by Gasteiger charge is -2.20. The summed E-state index contributed by atoms with van der Waals surface area (Å²) in [6, 6.07) is 5.42. The smallest absolute Gasteiger partial charge is 0.174 e. The van der Waals surface area contributed by atoms with Crippen LogP contribution >= 0.6 is 0 Å². The van der Waals surface area contributed by atoms with E-state index in [9.17, 15) is 4.79 Å². The van der Waals surface area contributed by atoms with E-state index in [0.717, 1.165) is 18.8 Å². The van der Waals surface area contributed by atoms with E-state index in [4.69, 9.17) is 9.47 Å². The van der Waals surface area contributed by atoms with Gasteiger partial charge in [-0.1, -0.05) is 13.0 Å². The Bertz CT molecular complexity index is 649. The molecule has 0 amide bonds. The van der Waals surface area contributed by atoms with Gasteiger partial charge in [-0.3, -0.25) is 4.79 Å². The van der Waals surface area contributed by atoms with Gasteiger partial charge in [-0.15, -0.1) is 0 Å². The van der Waals surface area contributed by atoms with Crippen LogP contribution in [0, 0.1) is 0 Å². The van der Waals surface area contributed by atoms with Crippen LogP contribution in [0.3, 0.4) is 0 Å². The lowest BCUT2D eigenvalue weighted by atomic mass is 10.1. The fourth-order valence-corrected chi connectivity index (χ4v) is 2.48. The Hall–Kier alpha value is -2.30. The summed E-state index contributed by atoms with van der Waals surface area (Å²) in [5.74, 6) is 1.99. The maximum atomic E-state index is 12.6. The molecule has 110 valence electrons. The van der Waals surface area contributed by atoms with E-state index >= 15 is 0 Å². The predicted octanol–water partition coefficient (Wildman–Crippen LogP) is 2.49. The fourth-order valence-electron chi connectivity index (χ4n) is 2.48. The van der Waals surface area contributed by atoms with Crippen molar-refractivity contribution in [3.63, 3.8) is 0 Å². The number of aromatic nitrogens is 2. The Labute approximate surface area is 123 Å². The number of nitrogens with zero attached hydrogens (tertiary/aromatic N) is 2. The van der Waals surface area contributed by atoms with Crippen molar-refractivity contribution in [3.8, 4) is 11.5 Å². The summed E-state index contributed by atoms with van der Waals surface area (Å²) in [7, 11) is 0. The van der Waals surface area contributed by atoms with E-state index in [0.29, 0.717) is 30.3 Å². The number of hydrogen-bond acceptors (Lipinski definition) is 4. The van der Waals surface area contributed by atoms with Crippen molar-refractivity contribution in [1.82, 2.24) is 9.55 Å². The van der Waals surface area contributed by atoms with Crippen LogP contribution in [0.15, 0.2) is 30.6 Å². The highest BCUT2D eigenvalue weighted by molar-refractivity contribution is 6.00. The maximum Gasteiger partial charge on any atom is 0.174 e. The molecule has 2 aromatic rings. The zero-order chi connectivity index (χ0) is 14.7. The minimum Gasteiger partial charge on any atom is -0.486 e. The largest absolute Gasteiger partial charge is 0.486 e. The van der Waals surface area contributed by atoms with Gasteiger partial charge < -0.3 is 14.0 Å².